The Kier molecular flexibility index (Phi) is 5.59. The summed E-state index contributed by atoms with van der Waals surface area (Å²) in [4.78, 5) is 12.2. The number of benzene rings is 1. The molecule has 0 radical (unpaired) electrons. The van der Waals surface area contributed by atoms with Crippen LogP contribution in [0.2, 0.25) is 5.02 Å². The number of anilines is 1. The summed E-state index contributed by atoms with van der Waals surface area (Å²) in [6, 6.07) is 6.53. The number of ether oxygens (including phenoxy) is 1. The molecule has 7 nitrogen and oxygen atoms in total. The number of carbonyl (C=O) groups is 1. The Labute approximate surface area is 164 Å². The summed E-state index contributed by atoms with van der Waals surface area (Å²) in [7, 11) is -3.05. The molecule has 1 aliphatic heterocycles. The first-order valence-electron chi connectivity index (χ1n) is 7.88. The van der Waals surface area contributed by atoms with Crippen molar-refractivity contribution in [3.8, 4) is 5.75 Å². The molecule has 26 heavy (non-hydrogen) atoms. The quantitative estimate of drug-likeness (QED) is 0.738. The molecule has 2 aromatic rings. The van der Waals surface area contributed by atoms with Gasteiger partial charge >= 0.3 is 0 Å². The van der Waals surface area contributed by atoms with Crippen LogP contribution in [0.4, 0.5) is 5.82 Å². The van der Waals surface area contributed by atoms with E-state index in [2.05, 4.69) is 26.3 Å². The monoisotopic (exact) mass is 461 g/mol. The molecular formula is C16H17BrClN3O4S. The maximum absolute atomic E-state index is 12.2. The van der Waals surface area contributed by atoms with E-state index in [1.807, 2.05) is 0 Å². The maximum Gasteiger partial charge on any atom is 0.263 e. The summed E-state index contributed by atoms with van der Waals surface area (Å²) >= 11 is 9.36. The van der Waals surface area contributed by atoms with E-state index >= 15 is 0 Å². The zero-order valence-corrected chi connectivity index (χ0v) is 17.1. The molecule has 1 aromatic carbocycles. The minimum absolute atomic E-state index is 0.0298. The topological polar surface area (TPSA) is 90.3 Å². The van der Waals surface area contributed by atoms with E-state index in [4.69, 9.17) is 16.3 Å². The van der Waals surface area contributed by atoms with Gasteiger partial charge < -0.3 is 10.1 Å². The van der Waals surface area contributed by atoms with Crippen LogP contribution in [0.5, 0.6) is 5.75 Å². The average Bonchev–Trinajstić information content (AvgIpc) is 3.08. The van der Waals surface area contributed by atoms with Gasteiger partial charge in [-0.25, -0.2) is 13.1 Å². The lowest BCUT2D eigenvalue weighted by molar-refractivity contribution is -0.118. The minimum Gasteiger partial charge on any atom is -0.482 e. The lowest BCUT2D eigenvalue weighted by atomic mass is 10.3. The van der Waals surface area contributed by atoms with E-state index in [0.717, 1.165) is 4.47 Å². The Bertz CT molecular complexity index is 945. The molecule has 0 saturated carbocycles. The van der Waals surface area contributed by atoms with Crippen LogP contribution < -0.4 is 10.1 Å². The Morgan fingerprint density at radius 3 is 2.88 bits per heavy atom. The second-order valence-corrected chi connectivity index (χ2v) is 9.64. The summed E-state index contributed by atoms with van der Waals surface area (Å²) < 4.78 is 31.2. The fourth-order valence-corrected chi connectivity index (χ4v) is 5.19. The standard InChI is InChI=1S/C16H17BrClN3O4S/c1-10-6-15(21(20-10)12-4-5-26(23,24)9-12)19-16(22)8-25-14-3-2-11(17)7-13(14)18/h2-3,6-7,12H,4-5,8-9H2,1H3,(H,19,22). The van der Waals surface area contributed by atoms with Crippen molar-refractivity contribution in [3.63, 3.8) is 0 Å². The van der Waals surface area contributed by atoms with Crippen LogP contribution in [0, 0.1) is 6.92 Å². The molecule has 1 aliphatic rings. The van der Waals surface area contributed by atoms with E-state index in [-0.39, 0.29) is 30.1 Å². The molecule has 1 amide bonds. The number of aryl methyl sites for hydroxylation is 1. The number of halogens is 2. The van der Waals surface area contributed by atoms with E-state index in [9.17, 15) is 13.2 Å². The van der Waals surface area contributed by atoms with Gasteiger partial charge in [0.05, 0.1) is 28.3 Å². The molecule has 1 unspecified atom stereocenters. The number of aromatic nitrogens is 2. The summed E-state index contributed by atoms with van der Waals surface area (Å²) in [5.74, 6) is 0.639. The fraction of sp³-hybridized carbons (Fsp3) is 0.375. The summed E-state index contributed by atoms with van der Waals surface area (Å²) in [6.45, 7) is 1.56. The van der Waals surface area contributed by atoms with Gasteiger partial charge in [0.25, 0.3) is 5.91 Å². The Morgan fingerprint density at radius 1 is 1.46 bits per heavy atom. The Balaban J connectivity index is 1.66. The zero-order chi connectivity index (χ0) is 18.9. The zero-order valence-electron chi connectivity index (χ0n) is 13.9. The summed E-state index contributed by atoms with van der Waals surface area (Å²) in [5, 5.41) is 7.44. The highest BCUT2D eigenvalue weighted by Crippen LogP contribution is 2.28. The highest BCUT2D eigenvalue weighted by molar-refractivity contribution is 9.10. The number of rotatable bonds is 5. The van der Waals surface area contributed by atoms with E-state index < -0.39 is 9.84 Å². The molecule has 3 rings (SSSR count). The van der Waals surface area contributed by atoms with Crippen molar-refractivity contribution in [1.82, 2.24) is 9.78 Å². The second kappa shape index (κ2) is 7.58. The third-order valence-electron chi connectivity index (χ3n) is 3.93. The van der Waals surface area contributed by atoms with Crippen LogP contribution in [0.15, 0.2) is 28.7 Å². The molecule has 140 valence electrons. The van der Waals surface area contributed by atoms with Crippen molar-refractivity contribution in [2.75, 3.05) is 23.4 Å². The van der Waals surface area contributed by atoms with Crippen LogP contribution >= 0.6 is 27.5 Å². The van der Waals surface area contributed by atoms with Gasteiger partial charge in [0.15, 0.2) is 16.4 Å². The smallest absolute Gasteiger partial charge is 0.263 e. The van der Waals surface area contributed by atoms with Crippen molar-refractivity contribution in [1.29, 1.82) is 0 Å². The first kappa shape index (κ1) is 19.2. The normalized spacial score (nSPS) is 18.7. The molecule has 1 saturated heterocycles. The lowest BCUT2D eigenvalue weighted by Gasteiger charge is -2.14. The Hall–Kier alpha value is -1.58. The number of nitrogens with zero attached hydrogens (tertiary/aromatic N) is 2. The highest BCUT2D eigenvalue weighted by Gasteiger charge is 2.31. The lowest BCUT2D eigenvalue weighted by Crippen LogP contribution is -2.23. The predicted molar refractivity (Wildman–Crippen MR) is 103 cm³/mol. The first-order chi connectivity index (χ1) is 12.2. The predicted octanol–water partition coefficient (Wildman–Crippen LogP) is 2.98. The van der Waals surface area contributed by atoms with Crippen LogP contribution in [0.1, 0.15) is 18.2 Å². The van der Waals surface area contributed by atoms with E-state index in [0.29, 0.717) is 28.7 Å². The Morgan fingerprint density at radius 2 is 2.23 bits per heavy atom. The van der Waals surface area contributed by atoms with Crippen LogP contribution in [-0.4, -0.2) is 42.2 Å². The fourth-order valence-electron chi connectivity index (χ4n) is 2.77. The molecule has 2 heterocycles. The number of carbonyl (C=O) groups excluding carboxylic acids is 1. The summed E-state index contributed by atoms with van der Waals surface area (Å²) in [5.41, 5.74) is 0.696. The van der Waals surface area contributed by atoms with Gasteiger partial charge in [-0.3, -0.25) is 4.79 Å². The molecule has 1 N–H and O–H groups in total. The third-order valence-corrected chi connectivity index (χ3v) is 6.47. The first-order valence-corrected chi connectivity index (χ1v) is 10.9. The van der Waals surface area contributed by atoms with Crippen molar-refractivity contribution >= 4 is 49.1 Å². The number of hydrogen-bond acceptors (Lipinski definition) is 5. The SMILES string of the molecule is Cc1cc(NC(=O)COc2ccc(Br)cc2Cl)n(C2CCS(=O)(=O)C2)n1. The van der Waals surface area contributed by atoms with Crippen LogP contribution in [-0.2, 0) is 14.6 Å². The highest BCUT2D eigenvalue weighted by atomic mass is 79.9. The van der Waals surface area contributed by atoms with Gasteiger partial charge in [-0.1, -0.05) is 27.5 Å². The largest absolute Gasteiger partial charge is 0.482 e. The van der Waals surface area contributed by atoms with E-state index in [1.54, 1.807) is 35.9 Å². The number of hydrogen-bond donors (Lipinski definition) is 1. The third kappa shape index (κ3) is 4.57. The minimum atomic E-state index is -3.05. The molecule has 0 bridgehead atoms. The molecule has 1 fully saturated rings. The van der Waals surface area contributed by atoms with Crippen LogP contribution in [0.25, 0.3) is 0 Å². The van der Waals surface area contributed by atoms with Crippen molar-refractivity contribution in [2.24, 2.45) is 0 Å². The number of nitrogens with one attached hydrogen (secondary N) is 1. The second-order valence-electron chi connectivity index (χ2n) is 6.08. The van der Waals surface area contributed by atoms with Gasteiger partial charge in [-0.05, 0) is 31.5 Å². The van der Waals surface area contributed by atoms with Gasteiger partial charge in [-0.2, -0.15) is 5.10 Å². The maximum atomic E-state index is 12.2. The van der Waals surface area contributed by atoms with Crippen molar-refractivity contribution in [2.45, 2.75) is 19.4 Å². The van der Waals surface area contributed by atoms with Gasteiger partial charge in [0, 0.05) is 10.5 Å². The number of amides is 1. The van der Waals surface area contributed by atoms with Crippen molar-refractivity contribution < 1.29 is 17.9 Å². The molecule has 1 atom stereocenters. The molecular weight excluding hydrogens is 446 g/mol. The van der Waals surface area contributed by atoms with E-state index in [1.165, 1.54) is 0 Å². The van der Waals surface area contributed by atoms with Gasteiger partial charge in [0.2, 0.25) is 0 Å². The van der Waals surface area contributed by atoms with Crippen LogP contribution in [0.3, 0.4) is 0 Å². The van der Waals surface area contributed by atoms with Gasteiger partial charge in [0.1, 0.15) is 11.6 Å². The molecule has 10 heteroatoms. The number of sulfone groups is 1. The average molecular weight is 463 g/mol. The van der Waals surface area contributed by atoms with Crippen molar-refractivity contribution in [3.05, 3.63) is 39.5 Å². The molecule has 0 spiro atoms. The molecule has 0 aliphatic carbocycles. The molecule has 1 aromatic heterocycles. The summed E-state index contributed by atoms with van der Waals surface area (Å²) in [6.07, 6.45) is 0.483. The van der Waals surface area contributed by atoms with Gasteiger partial charge in [-0.15, -0.1) is 0 Å².